The molecule has 0 heterocycles. The van der Waals surface area contributed by atoms with Crippen LogP contribution in [-0.2, 0) is 4.79 Å². The van der Waals surface area contributed by atoms with Gasteiger partial charge in [0.25, 0.3) is 0 Å². The van der Waals surface area contributed by atoms with Crippen molar-refractivity contribution in [1.82, 2.24) is 5.32 Å². The largest absolute Gasteiger partial charge is 0.493 e. The van der Waals surface area contributed by atoms with E-state index in [1.54, 1.807) is 6.92 Å². The molecule has 2 N–H and O–H groups in total. The van der Waals surface area contributed by atoms with Gasteiger partial charge >= 0.3 is 0 Å². The molecular formula is C14H21NO3. The highest BCUT2D eigenvalue weighted by molar-refractivity contribution is 5.76. The monoisotopic (exact) mass is 251 g/mol. The first kappa shape index (κ1) is 14.5. The van der Waals surface area contributed by atoms with E-state index in [9.17, 15) is 4.79 Å². The molecule has 4 heteroatoms. The van der Waals surface area contributed by atoms with Crippen LogP contribution in [0, 0.1) is 13.8 Å². The van der Waals surface area contributed by atoms with Crippen molar-refractivity contribution in [2.75, 3.05) is 13.2 Å². The van der Waals surface area contributed by atoms with Gasteiger partial charge < -0.3 is 15.2 Å². The summed E-state index contributed by atoms with van der Waals surface area (Å²) in [6.45, 7) is 6.02. The molecule has 18 heavy (non-hydrogen) atoms. The van der Waals surface area contributed by atoms with Crippen molar-refractivity contribution in [3.63, 3.8) is 0 Å². The van der Waals surface area contributed by atoms with Crippen LogP contribution in [0.25, 0.3) is 0 Å². The molecule has 0 aromatic heterocycles. The smallest absolute Gasteiger partial charge is 0.223 e. The molecule has 0 spiro atoms. The van der Waals surface area contributed by atoms with Gasteiger partial charge in [0.05, 0.1) is 19.6 Å². The number of ether oxygens (including phenoxy) is 1. The Bertz CT molecular complexity index is 404. The van der Waals surface area contributed by atoms with Crippen LogP contribution in [0.3, 0.4) is 0 Å². The van der Waals surface area contributed by atoms with Gasteiger partial charge in [0.2, 0.25) is 5.91 Å². The molecule has 1 amide bonds. The lowest BCUT2D eigenvalue weighted by molar-refractivity contribution is -0.122. The third-order valence-corrected chi connectivity index (χ3v) is 2.61. The first-order chi connectivity index (χ1) is 8.52. The average Bonchev–Trinajstić information content (AvgIpc) is 2.33. The number of aliphatic hydroxyl groups excluding tert-OH is 1. The van der Waals surface area contributed by atoms with Crippen molar-refractivity contribution in [3.05, 3.63) is 29.3 Å². The fourth-order valence-corrected chi connectivity index (χ4v) is 1.51. The lowest BCUT2D eigenvalue weighted by Gasteiger charge is -2.12. The summed E-state index contributed by atoms with van der Waals surface area (Å²) in [5.41, 5.74) is 2.19. The van der Waals surface area contributed by atoms with E-state index in [0.29, 0.717) is 6.61 Å². The number of hydrogen-bond acceptors (Lipinski definition) is 3. The molecule has 100 valence electrons. The molecule has 0 unspecified atom stereocenters. The Morgan fingerprint density at radius 2 is 2.17 bits per heavy atom. The van der Waals surface area contributed by atoms with Crippen LogP contribution in [0.2, 0.25) is 0 Å². The fraction of sp³-hybridized carbons (Fsp3) is 0.500. The van der Waals surface area contributed by atoms with Gasteiger partial charge in [-0.3, -0.25) is 4.79 Å². The lowest BCUT2D eigenvalue weighted by Crippen LogP contribution is -2.35. The van der Waals surface area contributed by atoms with Gasteiger partial charge in [0, 0.05) is 6.04 Å². The predicted molar refractivity (Wildman–Crippen MR) is 70.7 cm³/mol. The second-order valence-corrected chi connectivity index (χ2v) is 4.52. The molecule has 1 aromatic carbocycles. The summed E-state index contributed by atoms with van der Waals surface area (Å²) in [6.07, 6.45) is 0.289. The Morgan fingerprint density at radius 1 is 1.44 bits per heavy atom. The molecule has 0 saturated heterocycles. The van der Waals surface area contributed by atoms with Crippen molar-refractivity contribution >= 4 is 5.91 Å². The van der Waals surface area contributed by atoms with Gasteiger partial charge in [-0.05, 0) is 38.0 Å². The van der Waals surface area contributed by atoms with Gasteiger partial charge in [-0.25, -0.2) is 0 Å². The van der Waals surface area contributed by atoms with Gasteiger partial charge in [0.15, 0.2) is 0 Å². The van der Waals surface area contributed by atoms with Crippen molar-refractivity contribution in [1.29, 1.82) is 0 Å². The number of benzene rings is 1. The highest BCUT2D eigenvalue weighted by Crippen LogP contribution is 2.19. The van der Waals surface area contributed by atoms with Crippen LogP contribution < -0.4 is 10.1 Å². The molecule has 0 radical (unpaired) electrons. The highest BCUT2D eigenvalue weighted by atomic mass is 16.5. The first-order valence-electron chi connectivity index (χ1n) is 6.13. The van der Waals surface area contributed by atoms with Crippen LogP contribution in [0.1, 0.15) is 24.5 Å². The number of carbonyl (C=O) groups excluding carboxylic acids is 1. The fourth-order valence-electron chi connectivity index (χ4n) is 1.51. The van der Waals surface area contributed by atoms with Gasteiger partial charge in [-0.1, -0.05) is 12.1 Å². The molecule has 0 bridgehead atoms. The maximum absolute atomic E-state index is 11.5. The number of nitrogens with one attached hydrogen (secondary N) is 1. The van der Waals surface area contributed by atoms with E-state index in [1.807, 2.05) is 32.0 Å². The minimum Gasteiger partial charge on any atom is -0.493 e. The van der Waals surface area contributed by atoms with Gasteiger partial charge in [-0.15, -0.1) is 0 Å². The molecule has 1 rings (SSSR count). The van der Waals surface area contributed by atoms with Crippen molar-refractivity contribution in [2.24, 2.45) is 0 Å². The Kier molecular flexibility index (Phi) is 5.65. The maximum Gasteiger partial charge on any atom is 0.223 e. The molecule has 0 fully saturated rings. The summed E-state index contributed by atoms with van der Waals surface area (Å²) < 4.78 is 5.58. The average molecular weight is 251 g/mol. The van der Waals surface area contributed by atoms with E-state index in [-0.39, 0.29) is 25.0 Å². The summed E-state index contributed by atoms with van der Waals surface area (Å²) in [6, 6.07) is 5.78. The van der Waals surface area contributed by atoms with Crippen molar-refractivity contribution < 1.29 is 14.6 Å². The topological polar surface area (TPSA) is 58.6 Å². The highest BCUT2D eigenvalue weighted by Gasteiger charge is 2.07. The SMILES string of the molecule is Cc1ccc(C)c(OCCC(=O)N[C@@H](C)CO)c1. The van der Waals surface area contributed by atoms with Crippen LogP contribution in [-0.4, -0.2) is 30.3 Å². The Hall–Kier alpha value is -1.55. The van der Waals surface area contributed by atoms with Crippen LogP contribution in [0.15, 0.2) is 18.2 Å². The second kappa shape index (κ2) is 7.01. The van der Waals surface area contributed by atoms with E-state index in [0.717, 1.165) is 16.9 Å². The number of amides is 1. The number of carbonyl (C=O) groups is 1. The molecule has 0 aliphatic rings. The zero-order valence-corrected chi connectivity index (χ0v) is 11.2. The number of rotatable bonds is 6. The maximum atomic E-state index is 11.5. The summed E-state index contributed by atoms with van der Waals surface area (Å²) in [5, 5.41) is 11.5. The number of hydrogen-bond donors (Lipinski definition) is 2. The Balaban J connectivity index is 2.37. The summed E-state index contributed by atoms with van der Waals surface area (Å²) >= 11 is 0. The normalized spacial score (nSPS) is 12.0. The molecule has 0 saturated carbocycles. The van der Waals surface area contributed by atoms with Crippen LogP contribution >= 0.6 is 0 Å². The molecular weight excluding hydrogens is 230 g/mol. The summed E-state index contributed by atoms with van der Waals surface area (Å²) in [4.78, 5) is 11.5. The second-order valence-electron chi connectivity index (χ2n) is 4.52. The van der Waals surface area contributed by atoms with E-state index in [1.165, 1.54) is 0 Å². The summed E-state index contributed by atoms with van der Waals surface area (Å²) in [5.74, 6) is 0.708. The Labute approximate surface area is 108 Å². The number of aryl methyl sites for hydroxylation is 2. The standard InChI is InChI=1S/C14H21NO3/c1-10-4-5-11(2)13(8-10)18-7-6-14(17)15-12(3)9-16/h4-5,8,12,16H,6-7,9H2,1-3H3,(H,15,17)/t12-/m0/s1. The van der Waals surface area contributed by atoms with Crippen molar-refractivity contribution in [2.45, 2.75) is 33.2 Å². The molecule has 0 aliphatic heterocycles. The summed E-state index contributed by atoms with van der Waals surface area (Å²) in [7, 11) is 0. The van der Waals surface area contributed by atoms with E-state index in [2.05, 4.69) is 5.32 Å². The van der Waals surface area contributed by atoms with Crippen molar-refractivity contribution in [3.8, 4) is 5.75 Å². The molecule has 0 aliphatic carbocycles. The van der Waals surface area contributed by atoms with E-state index < -0.39 is 0 Å². The zero-order chi connectivity index (χ0) is 13.5. The molecule has 1 aromatic rings. The van der Waals surface area contributed by atoms with E-state index in [4.69, 9.17) is 9.84 Å². The minimum atomic E-state index is -0.210. The van der Waals surface area contributed by atoms with Crippen LogP contribution in [0.5, 0.6) is 5.75 Å². The van der Waals surface area contributed by atoms with Crippen LogP contribution in [0.4, 0.5) is 0 Å². The third kappa shape index (κ3) is 4.75. The zero-order valence-electron chi connectivity index (χ0n) is 11.2. The predicted octanol–water partition coefficient (Wildman–Crippen LogP) is 1.57. The van der Waals surface area contributed by atoms with E-state index >= 15 is 0 Å². The van der Waals surface area contributed by atoms with Gasteiger partial charge in [0.1, 0.15) is 5.75 Å². The lowest BCUT2D eigenvalue weighted by atomic mass is 10.1. The quantitative estimate of drug-likeness (QED) is 0.807. The minimum absolute atomic E-state index is 0.0520. The number of aliphatic hydroxyl groups is 1. The molecule has 4 nitrogen and oxygen atoms in total. The third-order valence-electron chi connectivity index (χ3n) is 2.61. The van der Waals surface area contributed by atoms with Gasteiger partial charge in [-0.2, -0.15) is 0 Å². The first-order valence-corrected chi connectivity index (χ1v) is 6.13. The molecule has 1 atom stereocenters. The Morgan fingerprint density at radius 3 is 2.83 bits per heavy atom.